The second-order valence-electron chi connectivity index (χ2n) is 7.40. The van der Waals surface area contributed by atoms with Gasteiger partial charge in [0.15, 0.2) is 0 Å². The number of carbonyl (C=O) groups is 1. The van der Waals surface area contributed by atoms with Gasteiger partial charge in [-0.05, 0) is 42.8 Å². The monoisotopic (exact) mass is 443 g/mol. The summed E-state index contributed by atoms with van der Waals surface area (Å²) < 4.78 is 21.5. The fraction of sp³-hybridized carbons (Fsp3) is 0.160. The van der Waals surface area contributed by atoms with Crippen LogP contribution in [0.15, 0.2) is 67.0 Å². The van der Waals surface area contributed by atoms with Crippen molar-refractivity contribution in [3.8, 4) is 11.8 Å². The number of rotatable bonds is 8. The molecular weight excluding hydrogens is 421 g/mol. The van der Waals surface area contributed by atoms with Gasteiger partial charge in [-0.25, -0.2) is 9.37 Å². The Balaban J connectivity index is 1.35. The molecule has 0 aliphatic heterocycles. The number of imidazole rings is 1. The second kappa shape index (κ2) is 9.83. The predicted molar refractivity (Wildman–Crippen MR) is 123 cm³/mol. The summed E-state index contributed by atoms with van der Waals surface area (Å²) in [6.45, 7) is 2.83. The number of aromatic nitrogens is 2. The zero-order valence-corrected chi connectivity index (χ0v) is 18.0. The van der Waals surface area contributed by atoms with E-state index in [0.717, 1.165) is 16.9 Å². The standard InChI is InChI=1S/C25H22FN5O2/c1-17-6-5-13-31-15-18(30-24(17)31)16-33-23-10-3-2-7-19(23)25(32)29-12-11-28-22-9-4-8-21(26)20(22)14-27/h2-10,13,15,28H,11-12,16H2,1H3,(H,29,32). The summed E-state index contributed by atoms with van der Waals surface area (Å²) in [5, 5.41) is 14.9. The number of ether oxygens (including phenoxy) is 1. The number of aryl methyl sites for hydroxylation is 1. The highest BCUT2D eigenvalue weighted by Gasteiger charge is 2.13. The Hall–Kier alpha value is -4.38. The molecule has 0 unspecified atom stereocenters. The molecule has 2 aromatic heterocycles. The lowest BCUT2D eigenvalue weighted by Crippen LogP contribution is -2.29. The number of nitrogens with one attached hydrogen (secondary N) is 2. The summed E-state index contributed by atoms with van der Waals surface area (Å²) in [4.78, 5) is 17.3. The van der Waals surface area contributed by atoms with Gasteiger partial charge in [-0.15, -0.1) is 0 Å². The van der Waals surface area contributed by atoms with Crippen molar-refractivity contribution in [2.24, 2.45) is 0 Å². The molecule has 0 radical (unpaired) electrons. The Labute approximate surface area is 190 Å². The first-order valence-corrected chi connectivity index (χ1v) is 10.4. The Bertz CT molecular complexity index is 1340. The number of anilines is 1. The highest BCUT2D eigenvalue weighted by atomic mass is 19.1. The van der Waals surface area contributed by atoms with Crippen LogP contribution < -0.4 is 15.4 Å². The zero-order chi connectivity index (χ0) is 23.2. The number of carbonyl (C=O) groups excluding carboxylic acids is 1. The summed E-state index contributed by atoms with van der Waals surface area (Å²) in [6, 6.07) is 17.2. The van der Waals surface area contributed by atoms with Gasteiger partial charge >= 0.3 is 0 Å². The van der Waals surface area contributed by atoms with Gasteiger partial charge in [0.05, 0.1) is 16.9 Å². The third kappa shape index (κ3) is 4.93. The van der Waals surface area contributed by atoms with Crippen molar-refractivity contribution < 1.29 is 13.9 Å². The van der Waals surface area contributed by atoms with E-state index in [4.69, 9.17) is 10.00 Å². The Morgan fingerprint density at radius 3 is 2.82 bits per heavy atom. The van der Waals surface area contributed by atoms with Gasteiger partial charge in [0.25, 0.3) is 5.91 Å². The summed E-state index contributed by atoms with van der Waals surface area (Å²) in [6.07, 6.45) is 3.83. The van der Waals surface area contributed by atoms with Crippen LogP contribution in [0.4, 0.5) is 10.1 Å². The minimum absolute atomic E-state index is 0.0512. The molecule has 0 bridgehead atoms. The van der Waals surface area contributed by atoms with Gasteiger partial charge in [-0.1, -0.05) is 24.3 Å². The van der Waals surface area contributed by atoms with Crippen molar-refractivity contribution in [3.05, 3.63) is 95.2 Å². The maximum atomic E-state index is 13.7. The summed E-state index contributed by atoms with van der Waals surface area (Å²) in [5.74, 6) is -0.426. The fourth-order valence-electron chi connectivity index (χ4n) is 3.46. The number of hydrogen-bond donors (Lipinski definition) is 2. The van der Waals surface area contributed by atoms with Gasteiger partial charge in [0.2, 0.25) is 0 Å². The van der Waals surface area contributed by atoms with Crippen LogP contribution in [-0.4, -0.2) is 28.4 Å². The highest BCUT2D eigenvalue weighted by Crippen LogP contribution is 2.20. The van der Waals surface area contributed by atoms with Crippen LogP contribution in [-0.2, 0) is 6.61 Å². The number of nitrogens with zero attached hydrogens (tertiary/aromatic N) is 3. The molecule has 0 aliphatic rings. The van der Waals surface area contributed by atoms with Crippen molar-refractivity contribution in [3.63, 3.8) is 0 Å². The van der Waals surface area contributed by atoms with Crippen LogP contribution in [0.1, 0.15) is 27.2 Å². The van der Waals surface area contributed by atoms with E-state index in [9.17, 15) is 9.18 Å². The van der Waals surface area contributed by atoms with Crippen molar-refractivity contribution in [2.45, 2.75) is 13.5 Å². The molecule has 0 fully saturated rings. The molecule has 0 saturated carbocycles. The number of benzene rings is 2. The molecule has 2 heterocycles. The first-order valence-electron chi connectivity index (χ1n) is 10.4. The van der Waals surface area contributed by atoms with Gasteiger partial charge in [0.1, 0.15) is 35.5 Å². The van der Waals surface area contributed by atoms with Crippen molar-refractivity contribution in [1.29, 1.82) is 5.26 Å². The van der Waals surface area contributed by atoms with Crippen LogP contribution in [0.3, 0.4) is 0 Å². The molecule has 0 spiro atoms. The largest absolute Gasteiger partial charge is 0.486 e. The first kappa shape index (κ1) is 21.8. The maximum Gasteiger partial charge on any atom is 0.255 e. The minimum atomic E-state index is -0.585. The molecule has 4 aromatic rings. The van der Waals surface area contributed by atoms with Crippen molar-refractivity contribution >= 4 is 17.2 Å². The van der Waals surface area contributed by atoms with E-state index in [2.05, 4.69) is 15.6 Å². The van der Waals surface area contributed by atoms with E-state index in [-0.39, 0.29) is 24.6 Å². The van der Waals surface area contributed by atoms with E-state index in [0.29, 0.717) is 23.5 Å². The smallest absolute Gasteiger partial charge is 0.255 e. The lowest BCUT2D eigenvalue weighted by Gasteiger charge is -2.12. The Morgan fingerprint density at radius 1 is 1.15 bits per heavy atom. The van der Waals surface area contributed by atoms with Crippen LogP contribution >= 0.6 is 0 Å². The van der Waals surface area contributed by atoms with Crippen LogP contribution in [0.5, 0.6) is 5.75 Å². The fourth-order valence-corrected chi connectivity index (χ4v) is 3.46. The zero-order valence-electron chi connectivity index (χ0n) is 18.0. The molecule has 2 aromatic carbocycles. The summed E-state index contributed by atoms with van der Waals surface area (Å²) in [5.41, 5.74) is 3.43. The Morgan fingerprint density at radius 2 is 2.00 bits per heavy atom. The van der Waals surface area contributed by atoms with E-state index in [1.165, 1.54) is 12.1 Å². The summed E-state index contributed by atoms with van der Waals surface area (Å²) >= 11 is 0. The lowest BCUT2D eigenvalue weighted by atomic mass is 10.2. The third-order valence-corrected chi connectivity index (χ3v) is 5.09. The average Bonchev–Trinajstić information content (AvgIpc) is 3.25. The van der Waals surface area contributed by atoms with Gasteiger partial charge in [-0.2, -0.15) is 5.26 Å². The van der Waals surface area contributed by atoms with Crippen molar-refractivity contribution in [1.82, 2.24) is 14.7 Å². The normalized spacial score (nSPS) is 10.6. The van der Waals surface area contributed by atoms with Crippen LogP contribution in [0.25, 0.3) is 5.65 Å². The van der Waals surface area contributed by atoms with E-state index in [1.807, 2.05) is 41.9 Å². The quantitative estimate of drug-likeness (QED) is 0.401. The van der Waals surface area contributed by atoms with E-state index >= 15 is 0 Å². The topological polar surface area (TPSA) is 91.5 Å². The van der Waals surface area contributed by atoms with Crippen molar-refractivity contribution in [2.75, 3.05) is 18.4 Å². The summed E-state index contributed by atoms with van der Waals surface area (Å²) in [7, 11) is 0. The number of para-hydroxylation sites is 1. The second-order valence-corrected chi connectivity index (χ2v) is 7.40. The number of fused-ring (bicyclic) bond motifs is 1. The molecule has 4 rings (SSSR count). The molecule has 0 atom stereocenters. The van der Waals surface area contributed by atoms with E-state index < -0.39 is 5.82 Å². The Kier molecular flexibility index (Phi) is 6.51. The minimum Gasteiger partial charge on any atom is -0.486 e. The molecule has 0 saturated heterocycles. The maximum absolute atomic E-state index is 13.7. The molecule has 33 heavy (non-hydrogen) atoms. The van der Waals surface area contributed by atoms with Crippen LogP contribution in [0.2, 0.25) is 0 Å². The van der Waals surface area contributed by atoms with Gasteiger partial charge < -0.3 is 19.8 Å². The number of amides is 1. The highest BCUT2D eigenvalue weighted by molar-refractivity contribution is 5.96. The predicted octanol–water partition coefficient (Wildman–Crippen LogP) is 4.07. The van der Waals surface area contributed by atoms with Crippen LogP contribution in [0, 0.1) is 24.1 Å². The first-order chi connectivity index (χ1) is 16.1. The van der Waals surface area contributed by atoms with Gasteiger partial charge in [0, 0.05) is 25.5 Å². The lowest BCUT2D eigenvalue weighted by molar-refractivity contribution is 0.0950. The molecule has 2 N–H and O–H groups in total. The molecule has 1 amide bonds. The molecule has 7 nitrogen and oxygen atoms in total. The molecule has 8 heteroatoms. The van der Waals surface area contributed by atoms with Gasteiger partial charge in [-0.3, -0.25) is 4.79 Å². The number of pyridine rings is 1. The average molecular weight is 443 g/mol. The number of hydrogen-bond acceptors (Lipinski definition) is 5. The molecule has 166 valence electrons. The SMILES string of the molecule is Cc1cccn2cc(COc3ccccc3C(=O)NCCNc3cccc(F)c3C#N)nc12. The van der Waals surface area contributed by atoms with E-state index in [1.54, 1.807) is 30.3 Å². The number of halogens is 1. The molecule has 0 aliphatic carbocycles. The number of nitriles is 1. The third-order valence-electron chi connectivity index (χ3n) is 5.09. The molecular formula is C25H22FN5O2.